The van der Waals surface area contributed by atoms with Gasteiger partial charge in [-0.25, -0.2) is 9.97 Å². The fraction of sp³-hybridized carbons (Fsp3) is 0.368. The van der Waals surface area contributed by atoms with Gasteiger partial charge >= 0.3 is 0 Å². The van der Waals surface area contributed by atoms with Crippen LogP contribution in [0.15, 0.2) is 30.3 Å². The quantitative estimate of drug-likeness (QED) is 0.808. The highest BCUT2D eigenvalue weighted by atomic mass is 16.1. The Morgan fingerprint density at radius 3 is 2.67 bits per heavy atom. The van der Waals surface area contributed by atoms with Crippen molar-refractivity contribution in [3.05, 3.63) is 52.8 Å². The fourth-order valence-corrected chi connectivity index (χ4v) is 3.92. The van der Waals surface area contributed by atoms with Crippen molar-refractivity contribution >= 4 is 11.7 Å². The molecule has 1 aromatic heterocycles. The van der Waals surface area contributed by atoms with E-state index < -0.39 is 0 Å². The van der Waals surface area contributed by atoms with Crippen LogP contribution in [0, 0.1) is 23.7 Å². The summed E-state index contributed by atoms with van der Waals surface area (Å²) in [6.45, 7) is 3.36. The van der Waals surface area contributed by atoms with Crippen LogP contribution in [0.5, 0.6) is 0 Å². The van der Waals surface area contributed by atoms with Crippen LogP contribution in [0.4, 0.5) is 5.95 Å². The number of carbonyl (C=O) groups is 1. The van der Waals surface area contributed by atoms with Gasteiger partial charge in [-0.3, -0.25) is 4.79 Å². The van der Waals surface area contributed by atoms with E-state index >= 15 is 0 Å². The van der Waals surface area contributed by atoms with Crippen molar-refractivity contribution in [1.82, 2.24) is 9.97 Å². The van der Waals surface area contributed by atoms with E-state index in [1.54, 1.807) is 6.07 Å². The zero-order chi connectivity index (χ0) is 16.7. The van der Waals surface area contributed by atoms with E-state index in [9.17, 15) is 4.79 Å². The molecule has 1 aliphatic heterocycles. The molecule has 1 aliphatic carbocycles. The molecule has 0 N–H and O–H groups in total. The van der Waals surface area contributed by atoms with Crippen LogP contribution in [-0.2, 0) is 6.42 Å². The predicted octanol–water partition coefficient (Wildman–Crippen LogP) is 2.68. The lowest BCUT2D eigenvalue weighted by atomic mass is 9.75. The van der Waals surface area contributed by atoms with Crippen LogP contribution in [0.3, 0.4) is 0 Å². The zero-order valence-corrected chi connectivity index (χ0v) is 13.6. The number of Topliss-reactive ketones (excluding diaryl/α,β-unsaturated/α-hetero) is 1. The SMILES string of the molecule is Cc1cc(C#N)nc(N2CCC3(CC2)Cc2ccccc2C3=O)n1. The Kier molecular flexibility index (Phi) is 3.34. The van der Waals surface area contributed by atoms with Gasteiger partial charge in [0.15, 0.2) is 5.78 Å². The summed E-state index contributed by atoms with van der Waals surface area (Å²) in [6, 6.07) is 11.7. The molecule has 4 rings (SSSR count). The molecule has 1 fully saturated rings. The Morgan fingerprint density at radius 2 is 1.96 bits per heavy atom. The molecule has 0 bridgehead atoms. The lowest BCUT2D eigenvalue weighted by molar-refractivity contribution is 0.0774. The molecule has 120 valence electrons. The number of aryl methyl sites for hydroxylation is 1. The average molecular weight is 318 g/mol. The van der Waals surface area contributed by atoms with Crippen LogP contribution in [0.2, 0.25) is 0 Å². The molecule has 1 saturated heterocycles. The number of hydrogen-bond donors (Lipinski definition) is 0. The minimum atomic E-state index is -0.262. The van der Waals surface area contributed by atoms with Crippen molar-refractivity contribution in [2.75, 3.05) is 18.0 Å². The number of rotatable bonds is 1. The zero-order valence-electron chi connectivity index (χ0n) is 13.6. The normalized spacial score (nSPS) is 18.5. The van der Waals surface area contributed by atoms with Gasteiger partial charge in [-0.2, -0.15) is 5.26 Å². The van der Waals surface area contributed by atoms with Gasteiger partial charge in [-0.05, 0) is 37.8 Å². The second kappa shape index (κ2) is 5.41. The van der Waals surface area contributed by atoms with Crippen molar-refractivity contribution in [2.45, 2.75) is 26.2 Å². The first-order valence-corrected chi connectivity index (χ1v) is 8.25. The predicted molar refractivity (Wildman–Crippen MR) is 89.8 cm³/mol. The number of carbonyl (C=O) groups excluding carboxylic acids is 1. The summed E-state index contributed by atoms with van der Waals surface area (Å²) in [6.07, 6.45) is 2.45. The molecule has 2 aromatic rings. The van der Waals surface area contributed by atoms with E-state index in [0.717, 1.165) is 43.6 Å². The Labute approximate surface area is 141 Å². The number of piperidine rings is 1. The van der Waals surface area contributed by atoms with E-state index in [4.69, 9.17) is 5.26 Å². The first-order valence-electron chi connectivity index (χ1n) is 8.25. The maximum atomic E-state index is 12.9. The Hall–Kier alpha value is -2.74. The number of nitrogens with zero attached hydrogens (tertiary/aromatic N) is 4. The number of fused-ring (bicyclic) bond motifs is 1. The van der Waals surface area contributed by atoms with E-state index in [1.807, 2.05) is 25.1 Å². The average Bonchev–Trinajstić information content (AvgIpc) is 2.87. The highest BCUT2D eigenvalue weighted by molar-refractivity contribution is 6.05. The molecule has 5 nitrogen and oxygen atoms in total. The van der Waals surface area contributed by atoms with Gasteiger partial charge in [-0.1, -0.05) is 24.3 Å². The van der Waals surface area contributed by atoms with Gasteiger partial charge in [0.2, 0.25) is 5.95 Å². The van der Waals surface area contributed by atoms with E-state index in [-0.39, 0.29) is 5.41 Å². The first-order chi connectivity index (χ1) is 11.6. The second-order valence-electron chi connectivity index (χ2n) is 6.74. The minimum Gasteiger partial charge on any atom is -0.341 e. The van der Waals surface area contributed by atoms with Crippen LogP contribution >= 0.6 is 0 Å². The molecule has 1 aromatic carbocycles. The Balaban J connectivity index is 1.55. The number of ketones is 1. The molecule has 0 saturated carbocycles. The third-order valence-electron chi connectivity index (χ3n) is 5.23. The fourth-order valence-electron chi connectivity index (χ4n) is 3.92. The smallest absolute Gasteiger partial charge is 0.226 e. The van der Waals surface area contributed by atoms with Crippen LogP contribution in [-0.4, -0.2) is 28.8 Å². The summed E-state index contributed by atoms with van der Waals surface area (Å²) in [5.74, 6) is 0.894. The topological polar surface area (TPSA) is 69.9 Å². The van der Waals surface area contributed by atoms with Gasteiger partial charge in [0.25, 0.3) is 0 Å². The second-order valence-corrected chi connectivity index (χ2v) is 6.74. The molecule has 0 amide bonds. The highest BCUT2D eigenvalue weighted by Gasteiger charge is 2.47. The maximum absolute atomic E-state index is 12.9. The largest absolute Gasteiger partial charge is 0.341 e. The monoisotopic (exact) mass is 318 g/mol. The minimum absolute atomic E-state index is 0.262. The number of nitriles is 1. The van der Waals surface area contributed by atoms with E-state index in [2.05, 4.69) is 27.0 Å². The van der Waals surface area contributed by atoms with Crippen molar-refractivity contribution in [2.24, 2.45) is 5.41 Å². The Morgan fingerprint density at radius 1 is 1.21 bits per heavy atom. The van der Waals surface area contributed by atoms with Crippen LogP contribution in [0.25, 0.3) is 0 Å². The first kappa shape index (κ1) is 14.8. The van der Waals surface area contributed by atoms with Crippen molar-refractivity contribution in [1.29, 1.82) is 5.26 Å². The molecule has 24 heavy (non-hydrogen) atoms. The summed E-state index contributed by atoms with van der Waals surface area (Å²) in [4.78, 5) is 23.7. The molecule has 0 atom stereocenters. The van der Waals surface area contributed by atoms with Crippen molar-refractivity contribution < 1.29 is 4.79 Å². The number of aromatic nitrogens is 2. The lowest BCUT2D eigenvalue weighted by Gasteiger charge is -2.38. The summed E-state index contributed by atoms with van der Waals surface area (Å²) < 4.78 is 0. The van der Waals surface area contributed by atoms with Crippen molar-refractivity contribution in [3.63, 3.8) is 0 Å². The standard InChI is InChI=1S/C19H18N4O/c1-13-10-15(12-20)22-18(21-13)23-8-6-19(7-9-23)11-14-4-2-3-5-16(14)17(19)24/h2-5,10H,6-9,11H2,1H3. The van der Waals surface area contributed by atoms with Gasteiger partial charge in [-0.15, -0.1) is 0 Å². The van der Waals surface area contributed by atoms with Gasteiger partial charge in [0.1, 0.15) is 11.8 Å². The summed E-state index contributed by atoms with van der Waals surface area (Å²) in [5, 5.41) is 9.08. The third-order valence-corrected chi connectivity index (χ3v) is 5.23. The van der Waals surface area contributed by atoms with Gasteiger partial charge < -0.3 is 4.90 Å². The van der Waals surface area contributed by atoms with Gasteiger partial charge in [0, 0.05) is 29.8 Å². The molecular weight excluding hydrogens is 300 g/mol. The van der Waals surface area contributed by atoms with E-state index in [0.29, 0.717) is 17.4 Å². The summed E-state index contributed by atoms with van der Waals surface area (Å²) >= 11 is 0. The molecule has 1 spiro atoms. The third kappa shape index (κ3) is 2.26. The van der Waals surface area contributed by atoms with Crippen molar-refractivity contribution in [3.8, 4) is 6.07 Å². The molecule has 2 heterocycles. The lowest BCUT2D eigenvalue weighted by Crippen LogP contribution is -2.44. The van der Waals surface area contributed by atoms with Gasteiger partial charge in [0.05, 0.1) is 0 Å². The highest BCUT2D eigenvalue weighted by Crippen LogP contribution is 2.44. The molecule has 5 heteroatoms. The molecule has 0 radical (unpaired) electrons. The molecule has 0 unspecified atom stereocenters. The van der Waals surface area contributed by atoms with Crippen LogP contribution < -0.4 is 4.90 Å². The summed E-state index contributed by atoms with van der Waals surface area (Å²) in [7, 11) is 0. The Bertz CT molecular complexity index is 860. The molecule has 2 aliphatic rings. The van der Waals surface area contributed by atoms with Crippen LogP contribution in [0.1, 0.15) is 40.2 Å². The number of benzene rings is 1. The number of anilines is 1. The maximum Gasteiger partial charge on any atom is 0.226 e. The number of hydrogen-bond acceptors (Lipinski definition) is 5. The van der Waals surface area contributed by atoms with E-state index in [1.165, 1.54) is 5.56 Å². The molecular formula is C19H18N4O. The summed E-state index contributed by atoms with van der Waals surface area (Å²) in [5.41, 5.74) is 2.99.